The molecule has 0 aliphatic carbocycles. The number of fused-ring (bicyclic) bond motifs is 4. The number of hydrogen-bond acceptors (Lipinski definition) is 3. The smallest absolute Gasteiger partial charge is 0.260 e. The first-order chi connectivity index (χ1) is 22.1. The summed E-state index contributed by atoms with van der Waals surface area (Å²) in [6.07, 6.45) is 0. The zero-order chi connectivity index (χ0) is 32.3. The second-order valence-corrected chi connectivity index (χ2v) is 14.2. The van der Waals surface area contributed by atoms with Gasteiger partial charge in [-0.2, -0.15) is 0 Å². The Balaban J connectivity index is 1.43. The minimum atomic E-state index is 0.0352. The Labute approximate surface area is 275 Å². The van der Waals surface area contributed by atoms with E-state index >= 15 is 0 Å². The van der Waals surface area contributed by atoms with Gasteiger partial charge in [-0.1, -0.05) is 104 Å². The molecular weight excluding hydrogens is 561 g/mol. The molecule has 5 aromatic rings. The molecule has 0 aromatic heterocycles. The van der Waals surface area contributed by atoms with Crippen molar-refractivity contribution in [2.75, 3.05) is 4.90 Å². The van der Waals surface area contributed by atoms with E-state index < -0.39 is 0 Å². The van der Waals surface area contributed by atoms with Crippen LogP contribution in [0, 0.1) is 0 Å². The fourth-order valence-corrected chi connectivity index (χ4v) is 6.84. The lowest BCUT2D eigenvalue weighted by atomic mass is 9.34. The van der Waals surface area contributed by atoms with Crippen LogP contribution in [0.1, 0.15) is 101 Å². The van der Waals surface area contributed by atoms with Gasteiger partial charge in [-0.05, 0) is 93.2 Å². The molecule has 0 unspecified atom stereocenters. The first-order valence-electron chi connectivity index (χ1n) is 16.9. The zero-order valence-electron chi connectivity index (χ0n) is 28.4. The standard InChI is InChI=1S/C42H44BNO2/c1-25(2)29-9-15-33(16-10-29)44(34-17-11-30(12-18-34)26(3)4)35-23-40-42-41(24-35)46-39-20-14-32(28(7)8)22-37(39)43(42)36-21-31(27(5)6)13-19-38(36)45-40/h9-28H,1-8H3. The summed E-state index contributed by atoms with van der Waals surface area (Å²) in [5.74, 6) is 5.32. The molecule has 0 N–H and O–H groups in total. The van der Waals surface area contributed by atoms with Gasteiger partial charge in [0, 0.05) is 29.0 Å². The third-order valence-corrected chi connectivity index (χ3v) is 9.73. The van der Waals surface area contributed by atoms with E-state index in [9.17, 15) is 0 Å². The molecule has 5 aromatic carbocycles. The van der Waals surface area contributed by atoms with Crippen molar-refractivity contribution in [3.8, 4) is 23.0 Å². The highest BCUT2D eigenvalue weighted by molar-refractivity contribution is 6.98. The number of nitrogens with zero attached hydrogens (tertiary/aromatic N) is 1. The van der Waals surface area contributed by atoms with Crippen molar-refractivity contribution >= 4 is 40.2 Å². The Morgan fingerprint density at radius 3 is 1.15 bits per heavy atom. The summed E-state index contributed by atoms with van der Waals surface area (Å²) in [4.78, 5) is 2.32. The predicted molar refractivity (Wildman–Crippen MR) is 195 cm³/mol. The quantitative estimate of drug-likeness (QED) is 0.169. The van der Waals surface area contributed by atoms with Crippen LogP contribution in [0.15, 0.2) is 97.1 Å². The topological polar surface area (TPSA) is 21.7 Å². The fraction of sp³-hybridized carbons (Fsp3) is 0.286. The second-order valence-electron chi connectivity index (χ2n) is 14.2. The normalized spacial score (nSPS) is 13.0. The molecular formula is C42H44BNO2. The van der Waals surface area contributed by atoms with Crippen LogP contribution in [-0.4, -0.2) is 6.71 Å². The van der Waals surface area contributed by atoms with Crippen molar-refractivity contribution in [2.45, 2.75) is 79.1 Å². The number of anilines is 3. The summed E-state index contributed by atoms with van der Waals surface area (Å²) in [5.41, 5.74) is 12.0. The van der Waals surface area contributed by atoms with Crippen LogP contribution in [0.2, 0.25) is 0 Å². The molecule has 0 spiro atoms. The molecule has 3 nitrogen and oxygen atoms in total. The Morgan fingerprint density at radius 1 is 0.413 bits per heavy atom. The molecule has 46 heavy (non-hydrogen) atoms. The van der Waals surface area contributed by atoms with Crippen molar-refractivity contribution in [1.82, 2.24) is 0 Å². The summed E-state index contributed by atoms with van der Waals surface area (Å²) in [6, 6.07) is 35.7. The largest absolute Gasteiger partial charge is 0.458 e. The number of hydrogen-bond donors (Lipinski definition) is 0. The Morgan fingerprint density at radius 2 is 0.783 bits per heavy atom. The highest BCUT2D eigenvalue weighted by Gasteiger charge is 2.41. The van der Waals surface area contributed by atoms with Crippen molar-refractivity contribution in [2.24, 2.45) is 0 Å². The number of ether oxygens (including phenoxy) is 2. The van der Waals surface area contributed by atoms with E-state index in [-0.39, 0.29) is 6.71 Å². The molecule has 7 rings (SSSR count). The minimum Gasteiger partial charge on any atom is -0.458 e. The van der Waals surface area contributed by atoms with Crippen LogP contribution < -0.4 is 30.8 Å². The molecule has 2 aliphatic heterocycles. The monoisotopic (exact) mass is 605 g/mol. The maximum absolute atomic E-state index is 6.81. The first-order valence-corrected chi connectivity index (χ1v) is 16.9. The Hall–Kier alpha value is -4.44. The molecule has 2 heterocycles. The molecule has 2 aliphatic rings. The summed E-state index contributed by atoms with van der Waals surface area (Å²) in [7, 11) is 0. The molecule has 0 saturated carbocycles. The van der Waals surface area contributed by atoms with Crippen LogP contribution in [-0.2, 0) is 0 Å². The van der Waals surface area contributed by atoms with E-state index in [1.165, 1.54) is 33.2 Å². The van der Waals surface area contributed by atoms with Gasteiger partial charge in [0.2, 0.25) is 0 Å². The van der Waals surface area contributed by atoms with Gasteiger partial charge in [0.1, 0.15) is 23.0 Å². The third kappa shape index (κ3) is 5.28. The van der Waals surface area contributed by atoms with Crippen LogP contribution in [0.5, 0.6) is 23.0 Å². The van der Waals surface area contributed by atoms with Gasteiger partial charge in [0.15, 0.2) is 0 Å². The lowest BCUT2D eigenvalue weighted by Gasteiger charge is -2.35. The van der Waals surface area contributed by atoms with Gasteiger partial charge in [-0.3, -0.25) is 0 Å². The van der Waals surface area contributed by atoms with Gasteiger partial charge in [0.05, 0.1) is 5.69 Å². The minimum absolute atomic E-state index is 0.0352. The summed E-state index contributed by atoms with van der Waals surface area (Å²) in [5, 5.41) is 0. The number of rotatable bonds is 7. The van der Waals surface area contributed by atoms with E-state index in [0.717, 1.165) is 45.5 Å². The maximum Gasteiger partial charge on any atom is 0.260 e. The van der Waals surface area contributed by atoms with E-state index in [2.05, 4.69) is 157 Å². The van der Waals surface area contributed by atoms with Gasteiger partial charge < -0.3 is 14.4 Å². The molecule has 0 amide bonds. The summed E-state index contributed by atoms with van der Waals surface area (Å²) >= 11 is 0. The second kappa shape index (κ2) is 11.7. The number of benzene rings is 5. The van der Waals surface area contributed by atoms with Crippen molar-refractivity contribution in [3.05, 3.63) is 119 Å². The van der Waals surface area contributed by atoms with Crippen molar-refractivity contribution in [3.63, 3.8) is 0 Å². The summed E-state index contributed by atoms with van der Waals surface area (Å²) < 4.78 is 13.6. The molecule has 0 radical (unpaired) electrons. The third-order valence-electron chi connectivity index (χ3n) is 9.73. The zero-order valence-corrected chi connectivity index (χ0v) is 28.4. The van der Waals surface area contributed by atoms with Crippen LogP contribution in [0.4, 0.5) is 17.1 Å². The average Bonchev–Trinajstić information content (AvgIpc) is 3.04. The van der Waals surface area contributed by atoms with Crippen molar-refractivity contribution in [1.29, 1.82) is 0 Å². The lowest BCUT2D eigenvalue weighted by molar-refractivity contribution is 0.464. The first kappa shape index (κ1) is 30.2. The highest BCUT2D eigenvalue weighted by Crippen LogP contribution is 2.43. The van der Waals surface area contributed by atoms with Crippen LogP contribution in [0.25, 0.3) is 0 Å². The van der Waals surface area contributed by atoms with E-state index in [1.54, 1.807) is 0 Å². The van der Waals surface area contributed by atoms with E-state index in [0.29, 0.717) is 23.7 Å². The Kier molecular flexibility index (Phi) is 7.71. The predicted octanol–water partition coefficient (Wildman–Crippen LogP) is 10.4. The molecule has 4 heteroatoms. The van der Waals surface area contributed by atoms with Crippen LogP contribution >= 0.6 is 0 Å². The SMILES string of the molecule is CC(C)c1ccc(N(c2ccc(C(C)C)cc2)c2cc3c4c(c2)Oc2ccc(C(C)C)cc2B4c2cc(C(C)C)ccc2O3)cc1. The van der Waals surface area contributed by atoms with E-state index in [1.807, 2.05) is 0 Å². The summed E-state index contributed by atoms with van der Waals surface area (Å²) in [6.45, 7) is 18.0. The lowest BCUT2D eigenvalue weighted by Crippen LogP contribution is -2.57. The highest BCUT2D eigenvalue weighted by atomic mass is 16.5. The maximum atomic E-state index is 6.81. The van der Waals surface area contributed by atoms with Gasteiger partial charge in [-0.15, -0.1) is 0 Å². The molecule has 0 atom stereocenters. The fourth-order valence-electron chi connectivity index (χ4n) is 6.84. The molecule has 0 saturated heterocycles. The van der Waals surface area contributed by atoms with Crippen LogP contribution in [0.3, 0.4) is 0 Å². The molecule has 0 bridgehead atoms. The van der Waals surface area contributed by atoms with Gasteiger partial charge >= 0.3 is 0 Å². The van der Waals surface area contributed by atoms with Gasteiger partial charge in [-0.25, -0.2) is 0 Å². The average molecular weight is 606 g/mol. The molecule has 0 fully saturated rings. The Bertz CT molecular complexity index is 1770. The van der Waals surface area contributed by atoms with Gasteiger partial charge in [0.25, 0.3) is 6.71 Å². The molecule has 232 valence electrons. The van der Waals surface area contributed by atoms with Crippen molar-refractivity contribution < 1.29 is 9.47 Å². The van der Waals surface area contributed by atoms with E-state index in [4.69, 9.17) is 9.47 Å².